The number of nitrogens with zero attached hydrogens (tertiary/aromatic N) is 1. The van der Waals surface area contributed by atoms with Crippen LogP contribution in [-0.2, 0) is 14.3 Å². The zero-order valence-electron chi connectivity index (χ0n) is 15.7. The van der Waals surface area contributed by atoms with Gasteiger partial charge in [-0.1, -0.05) is 0 Å². The van der Waals surface area contributed by atoms with Gasteiger partial charge in [0.15, 0.2) is 18.1 Å². The van der Waals surface area contributed by atoms with E-state index in [1.54, 1.807) is 12.1 Å². The Morgan fingerprint density at radius 1 is 1.15 bits per heavy atom. The van der Waals surface area contributed by atoms with E-state index >= 15 is 0 Å². The van der Waals surface area contributed by atoms with Crippen LogP contribution < -0.4 is 15.2 Å². The summed E-state index contributed by atoms with van der Waals surface area (Å²) in [6.45, 7) is 4.99. The summed E-state index contributed by atoms with van der Waals surface area (Å²) in [7, 11) is 0. The van der Waals surface area contributed by atoms with Gasteiger partial charge in [0.05, 0.1) is 24.7 Å². The van der Waals surface area contributed by atoms with E-state index in [0.29, 0.717) is 44.1 Å². The summed E-state index contributed by atoms with van der Waals surface area (Å²) < 4.78 is 16.1. The predicted octanol–water partition coefficient (Wildman–Crippen LogP) is 1.36. The van der Waals surface area contributed by atoms with Crippen LogP contribution in [0.5, 0.6) is 11.5 Å². The molecule has 1 heterocycles. The van der Waals surface area contributed by atoms with E-state index in [0.717, 1.165) is 0 Å². The zero-order chi connectivity index (χ0) is 19.8. The molecule has 1 aliphatic heterocycles. The Morgan fingerprint density at radius 3 is 2.52 bits per heavy atom. The third-order valence-corrected chi connectivity index (χ3v) is 4.28. The molecule has 2 amide bonds. The van der Waals surface area contributed by atoms with Gasteiger partial charge in [-0.05, 0) is 44.9 Å². The topological polar surface area (TPSA) is 108 Å². The number of primary amides is 1. The van der Waals surface area contributed by atoms with Crippen LogP contribution in [0.3, 0.4) is 0 Å². The van der Waals surface area contributed by atoms with E-state index in [9.17, 15) is 14.4 Å². The molecule has 0 bridgehead atoms. The van der Waals surface area contributed by atoms with Crippen molar-refractivity contribution < 1.29 is 28.6 Å². The second-order valence-corrected chi connectivity index (χ2v) is 6.18. The number of hydrogen-bond acceptors (Lipinski definition) is 6. The summed E-state index contributed by atoms with van der Waals surface area (Å²) in [4.78, 5) is 37.3. The van der Waals surface area contributed by atoms with Gasteiger partial charge >= 0.3 is 5.97 Å². The Bertz CT molecular complexity index is 691. The van der Waals surface area contributed by atoms with Crippen molar-refractivity contribution in [3.8, 4) is 11.5 Å². The molecule has 0 radical (unpaired) electrons. The van der Waals surface area contributed by atoms with Gasteiger partial charge in [0, 0.05) is 13.1 Å². The van der Waals surface area contributed by atoms with E-state index in [1.807, 2.05) is 13.8 Å². The summed E-state index contributed by atoms with van der Waals surface area (Å²) in [6, 6.07) is 4.73. The second-order valence-electron chi connectivity index (χ2n) is 6.18. The van der Waals surface area contributed by atoms with Gasteiger partial charge < -0.3 is 24.8 Å². The molecule has 8 nitrogen and oxygen atoms in total. The van der Waals surface area contributed by atoms with Gasteiger partial charge in [0.25, 0.3) is 5.91 Å². The number of esters is 1. The first-order valence-corrected chi connectivity index (χ1v) is 9.10. The molecule has 0 aromatic heterocycles. The third-order valence-electron chi connectivity index (χ3n) is 4.28. The highest BCUT2D eigenvalue weighted by atomic mass is 16.5. The normalized spacial score (nSPS) is 16.5. The molecule has 0 saturated carbocycles. The third kappa shape index (κ3) is 5.60. The second kappa shape index (κ2) is 9.80. The highest BCUT2D eigenvalue weighted by molar-refractivity contribution is 5.92. The molecule has 2 rings (SSSR count). The van der Waals surface area contributed by atoms with E-state index < -0.39 is 11.9 Å². The molecule has 2 N–H and O–H groups in total. The molecule has 8 heteroatoms. The molecule has 0 aliphatic carbocycles. The molecule has 0 spiro atoms. The molecule has 1 fully saturated rings. The lowest BCUT2D eigenvalue weighted by atomic mass is 9.97. The average Bonchev–Trinajstić information content (AvgIpc) is 2.67. The molecular weight excluding hydrogens is 352 g/mol. The van der Waals surface area contributed by atoms with Gasteiger partial charge in [-0.25, -0.2) is 4.79 Å². The Kier molecular flexibility index (Phi) is 7.45. The lowest BCUT2D eigenvalue weighted by molar-refractivity contribution is -0.137. The first-order chi connectivity index (χ1) is 13.0. The van der Waals surface area contributed by atoms with Crippen LogP contribution in [0.1, 0.15) is 37.0 Å². The first-order valence-electron chi connectivity index (χ1n) is 9.10. The molecule has 1 atom stereocenters. The Balaban J connectivity index is 1.95. The van der Waals surface area contributed by atoms with Crippen LogP contribution in [0.2, 0.25) is 0 Å². The van der Waals surface area contributed by atoms with Crippen LogP contribution in [0.25, 0.3) is 0 Å². The zero-order valence-corrected chi connectivity index (χ0v) is 15.7. The number of nitrogens with two attached hydrogens (primary N) is 1. The van der Waals surface area contributed by atoms with Gasteiger partial charge in [0.2, 0.25) is 5.91 Å². The molecule has 0 unspecified atom stereocenters. The molecular formula is C19H26N2O6. The minimum Gasteiger partial charge on any atom is -0.490 e. The van der Waals surface area contributed by atoms with Crippen molar-refractivity contribution in [2.45, 2.75) is 26.7 Å². The van der Waals surface area contributed by atoms with Crippen LogP contribution in [0.15, 0.2) is 18.2 Å². The van der Waals surface area contributed by atoms with E-state index in [1.165, 1.54) is 11.0 Å². The molecule has 1 aromatic rings. The molecule has 1 saturated heterocycles. The van der Waals surface area contributed by atoms with Gasteiger partial charge in [0.1, 0.15) is 0 Å². The van der Waals surface area contributed by atoms with E-state index in [4.69, 9.17) is 19.9 Å². The fourth-order valence-corrected chi connectivity index (χ4v) is 2.92. The summed E-state index contributed by atoms with van der Waals surface area (Å²) in [5.41, 5.74) is 5.58. The number of piperidine rings is 1. The van der Waals surface area contributed by atoms with Crippen LogP contribution in [-0.4, -0.2) is 55.6 Å². The Hall–Kier alpha value is -2.77. The minimum absolute atomic E-state index is 0.267. The quantitative estimate of drug-likeness (QED) is 0.685. The van der Waals surface area contributed by atoms with Gasteiger partial charge in [-0.3, -0.25) is 9.59 Å². The number of rotatable bonds is 8. The number of benzene rings is 1. The standard InChI is InChI=1S/C19H26N2O6/c1-3-25-15-8-7-13(10-16(15)26-4-2)19(24)27-12-17(22)21-9-5-6-14(11-21)18(20)23/h7-8,10,14H,3-6,9,11-12H2,1-2H3,(H2,20,23)/t14-/m0/s1. The summed E-state index contributed by atoms with van der Waals surface area (Å²) in [5.74, 6) is -0.750. The maximum Gasteiger partial charge on any atom is 0.338 e. The number of hydrogen-bond donors (Lipinski definition) is 1. The largest absolute Gasteiger partial charge is 0.490 e. The lowest BCUT2D eigenvalue weighted by Crippen LogP contribution is -2.45. The summed E-state index contributed by atoms with van der Waals surface area (Å²) >= 11 is 0. The van der Waals surface area contributed by atoms with Crippen molar-refractivity contribution in [1.29, 1.82) is 0 Å². The smallest absolute Gasteiger partial charge is 0.338 e. The van der Waals surface area contributed by atoms with Crippen LogP contribution in [0.4, 0.5) is 0 Å². The van der Waals surface area contributed by atoms with Gasteiger partial charge in [-0.15, -0.1) is 0 Å². The van der Waals surface area contributed by atoms with Crippen LogP contribution >= 0.6 is 0 Å². The Labute approximate surface area is 158 Å². The van der Waals surface area contributed by atoms with Crippen LogP contribution in [0, 0.1) is 5.92 Å². The predicted molar refractivity (Wildman–Crippen MR) is 97.6 cm³/mol. The molecule has 1 aliphatic rings. The number of carbonyl (C=O) groups is 3. The molecule has 27 heavy (non-hydrogen) atoms. The summed E-state index contributed by atoms with van der Waals surface area (Å²) in [6.07, 6.45) is 1.37. The van der Waals surface area contributed by atoms with Crippen molar-refractivity contribution in [1.82, 2.24) is 4.90 Å². The SMILES string of the molecule is CCOc1ccc(C(=O)OCC(=O)N2CCC[C@H](C(N)=O)C2)cc1OCC. The fraction of sp³-hybridized carbons (Fsp3) is 0.526. The highest BCUT2D eigenvalue weighted by Crippen LogP contribution is 2.28. The van der Waals surface area contributed by atoms with E-state index in [-0.39, 0.29) is 30.5 Å². The van der Waals surface area contributed by atoms with Crippen molar-refractivity contribution in [2.75, 3.05) is 32.9 Å². The number of ether oxygens (including phenoxy) is 3. The Morgan fingerprint density at radius 2 is 1.85 bits per heavy atom. The van der Waals surface area contributed by atoms with E-state index in [2.05, 4.69) is 0 Å². The van der Waals surface area contributed by atoms with Crippen molar-refractivity contribution in [3.05, 3.63) is 23.8 Å². The van der Waals surface area contributed by atoms with Gasteiger partial charge in [-0.2, -0.15) is 0 Å². The minimum atomic E-state index is -0.629. The lowest BCUT2D eigenvalue weighted by Gasteiger charge is -2.31. The number of carbonyl (C=O) groups excluding carboxylic acids is 3. The van der Waals surface area contributed by atoms with Crippen molar-refractivity contribution >= 4 is 17.8 Å². The molecule has 148 valence electrons. The highest BCUT2D eigenvalue weighted by Gasteiger charge is 2.27. The average molecular weight is 378 g/mol. The van der Waals surface area contributed by atoms with Crippen molar-refractivity contribution in [3.63, 3.8) is 0 Å². The fourth-order valence-electron chi connectivity index (χ4n) is 2.92. The maximum atomic E-state index is 12.3. The molecule has 1 aromatic carbocycles. The number of amides is 2. The monoisotopic (exact) mass is 378 g/mol. The van der Waals surface area contributed by atoms with Crippen molar-refractivity contribution in [2.24, 2.45) is 11.7 Å². The first kappa shape index (κ1) is 20.5. The number of likely N-dealkylation sites (tertiary alicyclic amines) is 1. The summed E-state index contributed by atoms with van der Waals surface area (Å²) in [5, 5.41) is 0. The maximum absolute atomic E-state index is 12.3.